The van der Waals surface area contributed by atoms with Crippen LogP contribution in [0, 0.1) is 11.3 Å². The molecule has 1 amide bonds. The summed E-state index contributed by atoms with van der Waals surface area (Å²) in [5, 5.41) is 12.9. The molecule has 1 aromatic heterocycles. The van der Waals surface area contributed by atoms with Gasteiger partial charge < -0.3 is 4.42 Å². The zero-order chi connectivity index (χ0) is 22.6. The van der Waals surface area contributed by atoms with Gasteiger partial charge in [-0.05, 0) is 23.1 Å². The molecular formula is C28H23N3O2. The lowest BCUT2D eigenvalue weighted by atomic mass is 9.98. The van der Waals surface area contributed by atoms with Gasteiger partial charge in [-0.3, -0.25) is 15.0 Å². The van der Waals surface area contributed by atoms with E-state index in [-0.39, 0.29) is 18.3 Å². The van der Waals surface area contributed by atoms with Gasteiger partial charge in [0.15, 0.2) is 0 Å². The average molecular weight is 434 g/mol. The first-order valence-electron chi connectivity index (χ1n) is 11.0. The van der Waals surface area contributed by atoms with Crippen molar-refractivity contribution in [3.05, 3.63) is 102 Å². The van der Waals surface area contributed by atoms with Crippen molar-refractivity contribution < 1.29 is 9.21 Å². The molecule has 0 radical (unpaired) electrons. The van der Waals surface area contributed by atoms with Crippen molar-refractivity contribution in [2.24, 2.45) is 0 Å². The number of anilines is 1. The van der Waals surface area contributed by atoms with Crippen LogP contribution in [0.15, 0.2) is 89.3 Å². The standard InChI is InChI=1S/C28H23N3O2/c29-17-24-26(21-10-3-1-4-11-21)27(22-12-5-2-6-13-22)33-28(24)30-25(32)19-31-16-15-20-9-7-8-14-23(20)18-31/h1-14H,15-16,18-19H2,(H,30,32). The van der Waals surface area contributed by atoms with E-state index in [1.165, 1.54) is 11.1 Å². The summed E-state index contributed by atoms with van der Waals surface area (Å²) >= 11 is 0. The van der Waals surface area contributed by atoms with E-state index in [2.05, 4.69) is 34.5 Å². The fourth-order valence-electron chi connectivity index (χ4n) is 4.36. The van der Waals surface area contributed by atoms with E-state index >= 15 is 0 Å². The second kappa shape index (κ2) is 9.15. The van der Waals surface area contributed by atoms with Gasteiger partial charge in [-0.2, -0.15) is 5.26 Å². The van der Waals surface area contributed by atoms with Crippen LogP contribution in [0.1, 0.15) is 16.7 Å². The number of carbonyl (C=O) groups excluding carboxylic acids is 1. The molecule has 5 rings (SSSR count). The van der Waals surface area contributed by atoms with E-state index < -0.39 is 0 Å². The number of nitriles is 1. The van der Waals surface area contributed by atoms with Crippen LogP contribution in [0.2, 0.25) is 0 Å². The SMILES string of the molecule is N#Cc1c(NC(=O)CN2CCc3ccccc3C2)oc(-c2ccccc2)c1-c1ccccc1. The molecule has 3 aromatic carbocycles. The molecule has 0 unspecified atom stereocenters. The summed E-state index contributed by atoms with van der Waals surface area (Å²) in [6.07, 6.45) is 0.921. The average Bonchev–Trinajstić information content (AvgIpc) is 3.23. The van der Waals surface area contributed by atoms with Gasteiger partial charge in [0.25, 0.3) is 0 Å². The summed E-state index contributed by atoms with van der Waals surface area (Å²) in [7, 11) is 0. The van der Waals surface area contributed by atoms with E-state index in [0.29, 0.717) is 16.9 Å². The number of amides is 1. The van der Waals surface area contributed by atoms with Crippen molar-refractivity contribution in [1.29, 1.82) is 5.26 Å². The van der Waals surface area contributed by atoms with Crippen LogP contribution >= 0.6 is 0 Å². The van der Waals surface area contributed by atoms with Gasteiger partial charge in [-0.15, -0.1) is 0 Å². The van der Waals surface area contributed by atoms with Crippen molar-refractivity contribution in [3.8, 4) is 28.5 Å². The number of carbonyl (C=O) groups is 1. The lowest BCUT2D eigenvalue weighted by Crippen LogP contribution is -2.37. The lowest BCUT2D eigenvalue weighted by Gasteiger charge is -2.27. The molecule has 1 N–H and O–H groups in total. The molecular weight excluding hydrogens is 410 g/mol. The first-order chi connectivity index (χ1) is 16.2. The highest BCUT2D eigenvalue weighted by Gasteiger charge is 2.25. The Labute approximate surface area is 192 Å². The van der Waals surface area contributed by atoms with Crippen molar-refractivity contribution in [2.75, 3.05) is 18.4 Å². The number of hydrogen-bond acceptors (Lipinski definition) is 4. The molecule has 162 valence electrons. The van der Waals surface area contributed by atoms with E-state index in [0.717, 1.165) is 30.6 Å². The fourth-order valence-corrected chi connectivity index (χ4v) is 4.36. The normalized spacial score (nSPS) is 13.2. The van der Waals surface area contributed by atoms with Gasteiger partial charge in [-0.25, -0.2) is 0 Å². The highest BCUT2D eigenvalue weighted by Crippen LogP contribution is 2.41. The van der Waals surface area contributed by atoms with Gasteiger partial charge in [-0.1, -0.05) is 84.9 Å². The highest BCUT2D eigenvalue weighted by molar-refractivity contribution is 5.96. The second-order valence-corrected chi connectivity index (χ2v) is 8.13. The Kier molecular flexibility index (Phi) is 5.75. The molecule has 0 bridgehead atoms. The van der Waals surface area contributed by atoms with E-state index in [9.17, 15) is 10.1 Å². The summed E-state index contributed by atoms with van der Waals surface area (Å²) < 4.78 is 6.12. The molecule has 1 aliphatic rings. The minimum Gasteiger partial charge on any atom is -0.438 e. The summed E-state index contributed by atoms with van der Waals surface area (Å²) in [5.41, 5.74) is 5.33. The Balaban J connectivity index is 1.43. The lowest BCUT2D eigenvalue weighted by molar-refractivity contribution is -0.117. The molecule has 0 saturated heterocycles. The number of benzene rings is 3. The molecule has 5 heteroatoms. The first kappa shape index (κ1) is 20.7. The third-order valence-electron chi connectivity index (χ3n) is 5.95. The Morgan fingerprint density at radius 1 is 0.909 bits per heavy atom. The van der Waals surface area contributed by atoms with E-state index in [4.69, 9.17) is 4.42 Å². The van der Waals surface area contributed by atoms with Gasteiger partial charge >= 0.3 is 0 Å². The van der Waals surface area contributed by atoms with Crippen LogP contribution in [0.3, 0.4) is 0 Å². The van der Waals surface area contributed by atoms with E-state index in [1.807, 2.05) is 66.7 Å². The Morgan fingerprint density at radius 2 is 1.55 bits per heavy atom. The molecule has 0 saturated carbocycles. The molecule has 4 aromatic rings. The van der Waals surface area contributed by atoms with Crippen LogP contribution in [-0.2, 0) is 17.8 Å². The molecule has 0 spiro atoms. The highest BCUT2D eigenvalue weighted by atomic mass is 16.4. The number of rotatable bonds is 5. The van der Waals surface area contributed by atoms with Crippen molar-refractivity contribution in [3.63, 3.8) is 0 Å². The van der Waals surface area contributed by atoms with Crippen molar-refractivity contribution >= 4 is 11.8 Å². The predicted octanol–water partition coefficient (Wildman–Crippen LogP) is 5.48. The van der Waals surface area contributed by atoms with Crippen LogP contribution < -0.4 is 5.32 Å². The van der Waals surface area contributed by atoms with Gasteiger partial charge in [0.1, 0.15) is 17.4 Å². The summed E-state index contributed by atoms with van der Waals surface area (Å²) in [6, 6.07) is 29.9. The maximum Gasteiger partial charge on any atom is 0.240 e. The molecule has 5 nitrogen and oxygen atoms in total. The topological polar surface area (TPSA) is 69.3 Å². The first-order valence-corrected chi connectivity index (χ1v) is 11.0. The van der Waals surface area contributed by atoms with Crippen molar-refractivity contribution in [1.82, 2.24) is 4.90 Å². The number of nitrogens with zero attached hydrogens (tertiary/aromatic N) is 2. The second-order valence-electron chi connectivity index (χ2n) is 8.13. The predicted molar refractivity (Wildman–Crippen MR) is 128 cm³/mol. The van der Waals surface area contributed by atoms with E-state index in [1.54, 1.807) is 0 Å². The minimum atomic E-state index is -0.196. The maximum atomic E-state index is 12.9. The monoisotopic (exact) mass is 433 g/mol. The number of furan rings is 1. The largest absolute Gasteiger partial charge is 0.438 e. The summed E-state index contributed by atoms with van der Waals surface area (Å²) in [4.78, 5) is 15.0. The van der Waals surface area contributed by atoms with Gasteiger partial charge in [0, 0.05) is 24.2 Å². The Morgan fingerprint density at radius 3 is 2.24 bits per heavy atom. The molecule has 1 aliphatic heterocycles. The molecule has 0 fully saturated rings. The molecule has 33 heavy (non-hydrogen) atoms. The summed E-state index contributed by atoms with van der Waals surface area (Å²) in [6.45, 7) is 1.79. The Hall–Kier alpha value is -4.14. The molecule has 0 atom stereocenters. The van der Waals surface area contributed by atoms with Crippen LogP contribution in [0.25, 0.3) is 22.5 Å². The smallest absolute Gasteiger partial charge is 0.240 e. The summed E-state index contributed by atoms with van der Waals surface area (Å²) in [5.74, 6) is 0.567. The van der Waals surface area contributed by atoms with Crippen LogP contribution in [0.4, 0.5) is 5.88 Å². The van der Waals surface area contributed by atoms with Gasteiger partial charge in [0.2, 0.25) is 11.8 Å². The number of fused-ring (bicyclic) bond motifs is 1. The maximum absolute atomic E-state index is 12.9. The quantitative estimate of drug-likeness (QED) is 0.452. The molecule has 2 heterocycles. The fraction of sp³-hybridized carbons (Fsp3) is 0.143. The van der Waals surface area contributed by atoms with Crippen molar-refractivity contribution in [2.45, 2.75) is 13.0 Å². The zero-order valence-corrected chi connectivity index (χ0v) is 18.1. The third-order valence-corrected chi connectivity index (χ3v) is 5.95. The van der Waals surface area contributed by atoms with Crippen LogP contribution in [-0.4, -0.2) is 23.9 Å². The third kappa shape index (κ3) is 4.30. The van der Waals surface area contributed by atoms with Crippen LogP contribution in [0.5, 0.6) is 0 Å². The molecule has 0 aliphatic carbocycles. The Bertz CT molecular complexity index is 1320. The number of hydrogen-bond donors (Lipinski definition) is 1. The zero-order valence-electron chi connectivity index (χ0n) is 18.1. The number of nitrogens with one attached hydrogen (secondary N) is 1. The van der Waals surface area contributed by atoms with Gasteiger partial charge in [0.05, 0.1) is 6.54 Å². The minimum absolute atomic E-state index is 0.192.